The Hall–Kier alpha value is -1.97. The molecule has 0 saturated heterocycles. The number of aromatic amines is 1. The van der Waals surface area contributed by atoms with Crippen LogP contribution in [0.5, 0.6) is 5.75 Å². The van der Waals surface area contributed by atoms with Gasteiger partial charge in [-0.25, -0.2) is 0 Å². The zero-order valence-electron chi connectivity index (χ0n) is 17.0. The summed E-state index contributed by atoms with van der Waals surface area (Å²) >= 11 is 0. The number of aromatic nitrogens is 1. The van der Waals surface area contributed by atoms with Crippen LogP contribution in [0.4, 0.5) is 0 Å². The van der Waals surface area contributed by atoms with E-state index in [1.807, 2.05) is 0 Å². The Balaban J connectivity index is 1.39. The van der Waals surface area contributed by atoms with Gasteiger partial charge < -0.3 is 14.6 Å². The minimum atomic E-state index is -0.0641. The molecule has 1 aromatic carbocycles. The van der Waals surface area contributed by atoms with Gasteiger partial charge in [0.2, 0.25) is 5.91 Å². The molecule has 4 saturated carbocycles. The Morgan fingerprint density at radius 1 is 1.11 bits per heavy atom. The lowest BCUT2D eigenvalue weighted by atomic mass is 9.49. The molecule has 0 atom stereocenters. The molecule has 4 heteroatoms. The van der Waals surface area contributed by atoms with Gasteiger partial charge in [-0.3, -0.25) is 4.79 Å². The van der Waals surface area contributed by atoms with E-state index in [0.29, 0.717) is 12.5 Å². The summed E-state index contributed by atoms with van der Waals surface area (Å²) < 4.78 is 5.72. The molecule has 2 heterocycles. The highest BCUT2D eigenvalue weighted by Gasteiger charge is 2.55. The molecule has 1 N–H and O–H groups in total. The minimum Gasteiger partial charge on any atom is -0.496 e. The van der Waals surface area contributed by atoms with Crippen LogP contribution in [-0.4, -0.2) is 29.4 Å². The second-order valence-electron chi connectivity index (χ2n) is 10.1. The summed E-state index contributed by atoms with van der Waals surface area (Å²) in [6, 6.07) is 4.17. The molecule has 4 nitrogen and oxygen atoms in total. The molecule has 1 amide bonds. The molecular weight excluding hydrogens is 348 g/mol. The Labute approximate surface area is 166 Å². The van der Waals surface area contributed by atoms with Crippen molar-refractivity contribution in [1.29, 1.82) is 0 Å². The Bertz CT molecular complexity index is 937. The number of nitrogens with one attached hydrogen (secondary N) is 1. The predicted molar refractivity (Wildman–Crippen MR) is 109 cm³/mol. The molecule has 1 aliphatic heterocycles. The van der Waals surface area contributed by atoms with Gasteiger partial charge >= 0.3 is 0 Å². The number of nitrogens with zero attached hydrogens (tertiary/aromatic N) is 1. The topological polar surface area (TPSA) is 45.3 Å². The first-order valence-electron chi connectivity index (χ1n) is 11.0. The maximum absolute atomic E-state index is 14.0. The van der Waals surface area contributed by atoms with Crippen molar-refractivity contribution in [2.45, 2.75) is 58.4 Å². The number of ether oxygens (including phenoxy) is 1. The number of rotatable bonds is 2. The van der Waals surface area contributed by atoms with E-state index in [-0.39, 0.29) is 5.41 Å². The first kappa shape index (κ1) is 16.9. The fraction of sp³-hybridized carbons (Fsp3) is 0.625. The second kappa shape index (κ2) is 5.77. The van der Waals surface area contributed by atoms with Crippen LogP contribution < -0.4 is 4.74 Å². The smallest absolute Gasteiger partial charge is 0.229 e. The molecular formula is C24H30N2O2. The summed E-state index contributed by atoms with van der Waals surface area (Å²) in [4.78, 5) is 19.7. The highest BCUT2D eigenvalue weighted by Crippen LogP contribution is 2.60. The molecule has 7 rings (SSSR count). The Morgan fingerprint density at radius 3 is 2.43 bits per heavy atom. The third kappa shape index (κ3) is 2.26. The van der Waals surface area contributed by atoms with E-state index >= 15 is 0 Å². The van der Waals surface area contributed by atoms with Crippen LogP contribution in [0.3, 0.4) is 0 Å². The van der Waals surface area contributed by atoms with Gasteiger partial charge in [0.1, 0.15) is 5.75 Å². The molecule has 4 bridgehead atoms. The zero-order chi connectivity index (χ0) is 19.0. The van der Waals surface area contributed by atoms with Crippen molar-refractivity contribution in [3.05, 3.63) is 29.0 Å². The van der Waals surface area contributed by atoms with Crippen LogP contribution in [-0.2, 0) is 17.8 Å². The summed E-state index contributed by atoms with van der Waals surface area (Å²) in [5.74, 6) is 3.76. The molecule has 2 aromatic rings. The average molecular weight is 379 g/mol. The van der Waals surface area contributed by atoms with Crippen molar-refractivity contribution in [3.63, 3.8) is 0 Å². The third-order valence-corrected chi connectivity index (χ3v) is 8.33. The van der Waals surface area contributed by atoms with Gasteiger partial charge in [-0.15, -0.1) is 0 Å². The van der Waals surface area contributed by atoms with Crippen LogP contribution in [0.15, 0.2) is 12.1 Å². The quantitative estimate of drug-likeness (QED) is 0.831. The van der Waals surface area contributed by atoms with Crippen LogP contribution in [0, 0.1) is 30.1 Å². The third-order valence-electron chi connectivity index (χ3n) is 8.33. The van der Waals surface area contributed by atoms with Crippen molar-refractivity contribution in [2.24, 2.45) is 23.2 Å². The summed E-state index contributed by atoms with van der Waals surface area (Å²) in [5.41, 5.74) is 4.89. The largest absolute Gasteiger partial charge is 0.496 e. The fourth-order valence-electron chi connectivity index (χ4n) is 7.60. The molecule has 4 aliphatic carbocycles. The van der Waals surface area contributed by atoms with E-state index in [2.05, 4.69) is 28.9 Å². The van der Waals surface area contributed by atoms with Gasteiger partial charge in [-0.1, -0.05) is 0 Å². The fourth-order valence-corrected chi connectivity index (χ4v) is 7.60. The molecule has 0 radical (unpaired) electrons. The first-order chi connectivity index (χ1) is 13.6. The summed E-state index contributed by atoms with van der Waals surface area (Å²) in [6.45, 7) is 3.67. The van der Waals surface area contributed by atoms with Gasteiger partial charge in [-0.05, 0) is 87.3 Å². The molecule has 5 aliphatic rings. The van der Waals surface area contributed by atoms with Gasteiger partial charge in [0.05, 0.1) is 12.5 Å². The number of amides is 1. The summed E-state index contributed by atoms with van der Waals surface area (Å²) in [7, 11) is 1.74. The van der Waals surface area contributed by atoms with Gasteiger partial charge in [-0.2, -0.15) is 0 Å². The van der Waals surface area contributed by atoms with Gasteiger partial charge in [0, 0.05) is 35.2 Å². The standard InChI is InChI=1S/C24H30N2O2/c1-14-18-5-6-26(13-19-21(28-2)4-3-20(25-14)22(18)19)23(27)24-10-15-7-16(11-24)9-17(8-15)12-24/h3-4,15-17,25H,5-13H2,1-2H3. The van der Waals surface area contributed by atoms with Crippen molar-refractivity contribution in [1.82, 2.24) is 9.88 Å². The van der Waals surface area contributed by atoms with Crippen LogP contribution in [0.2, 0.25) is 0 Å². The number of benzene rings is 1. The lowest BCUT2D eigenvalue weighted by Gasteiger charge is -2.56. The van der Waals surface area contributed by atoms with Gasteiger partial charge in [0.15, 0.2) is 0 Å². The molecule has 0 spiro atoms. The number of carbonyl (C=O) groups is 1. The maximum Gasteiger partial charge on any atom is 0.229 e. The van der Waals surface area contributed by atoms with E-state index in [4.69, 9.17) is 4.74 Å². The van der Waals surface area contributed by atoms with E-state index in [9.17, 15) is 4.79 Å². The van der Waals surface area contributed by atoms with Crippen LogP contribution >= 0.6 is 0 Å². The molecule has 4 fully saturated rings. The summed E-state index contributed by atoms with van der Waals surface area (Å²) in [5, 5.41) is 1.29. The zero-order valence-corrected chi connectivity index (χ0v) is 17.0. The first-order valence-corrected chi connectivity index (χ1v) is 11.0. The highest BCUT2D eigenvalue weighted by molar-refractivity contribution is 5.91. The molecule has 28 heavy (non-hydrogen) atoms. The SMILES string of the molecule is COc1ccc2[nH]c(C)c3c2c1CN(C(=O)C12CC4CC(CC(C4)C1)C2)CC3. The Kier molecular flexibility index (Phi) is 3.49. The lowest BCUT2D eigenvalue weighted by molar-refractivity contribution is -0.158. The minimum absolute atomic E-state index is 0.0641. The number of hydrogen-bond acceptors (Lipinski definition) is 2. The maximum atomic E-state index is 14.0. The highest BCUT2D eigenvalue weighted by atomic mass is 16.5. The predicted octanol–water partition coefficient (Wildman–Crippen LogP) is 4.59. The van der Waals surface area contributed by atoms with Gasteiger partial charge in [0.25, 0.3) is 0 Å². The number of hydrogen-bond donors (Lipinski definition) is 1. The van der Waals surface area contributed by atoms with Crippen molar-refractivity contribution in [2.75, 3.05) is 13.7 Å². The number of methoxy groups -OCH3 is 1. The Morgan fingerprint density at radius 2 is 1.79 bits per heavy atom. The number of H-pyrrole nitrogens is 1. The van der Waals surface area contributed by atoms with E-state index < -0.39 is 0 Å². The molecule has 1 aromatic heterocycles. The second-order valence-corrected chi connectivity index (χ2v) is 10.1. The molecule has 148 valence electrons. The van der Waals surface area contributed by atoms with Crippen molar-refractivity contribution >= 4 is 16.8 Å². The average Bonchev–Trinajstić information content (AvgIpc) is 2.85. The van der Waals surface area contributed by atoms with Crippen LogP contribution in [0.1, 0.15) is 55.3 Å². The van der Waals surface area contributed by atoms with E-state index in [0.717, 1.165) is 55.7 Å². The van der Waals surface area contributed by atoms with Crippen LogP contribution in [0.25, 0.3) is 10.9 Å². The van der Waals surface area contributed by atoms with E-state index in [1.165, 1.54) is 47.0 Å². The van der Waals surface area contributed by atoms with Crippen molar-refractivity contribution < 1.29 is 9.53 Å². The molecule has 0 unspecified atom stereocenters. The monoisotopic (exact) mass is 378 g/mol. The van der Waals surface area contributed by atoms with Crippen molar-refractivity contribution in [3.8, 4) is 5.75 Å². The number of carbonyl (C=O) groups excluding carboxylic acids is 1. The summed E-state index contributed by atoms with van der Waals surface area (Å²) in [6.07, 6.45) is 8.49. The normalized spacial score (nSPS) is 33.4. The van der Waals surface area contributed by atoms with E-state index in [1.54, 1.807) is 7.11 Å². The lowest BCUT2D eigenvalue weighted by Crippen LogP contribution is -2.54. The number of aryl methyl sites for hydroxylation is 1.